The van der Waals surface area contributed by atoms with Crippen LogP contribution in [0.3, 0.4) is 0 Å². The van der Waals surface area contributed by atoms with Crippen molar-refractivity contribution in [2.45, 2.75) is 0 Å². The molecule has 2 heterocycles. The Kier molecular flexibility index (Phi) is 3.23. The summed E-state index contributed by atoms with van der Waals surface area (Å²) in [6.45, 7) is 0. The molecule has 1 aliphatic rings. The Morgan fingerprint density at radius 3 is 2.91 bits per heavy atom. The van der Waals surface area contributed by atoms with Crippen LogP contribution >= 0.6 is 15.9 Å². The molecule has 0 bridgehead atoms. The van der Waals surface area contributed by atoms with E-state index in [-0.39, 0.29) is 5.78 Å². The van der Waals surface area contributed by atoms with Crippen molar-refractivity contribution in [1.29, 1.82) is 0 Å². The van der Waals surface area contributed by atoms with Gasteiger partial charge in [-0.05, 0) is 42.5 Å². The van der Waals surface area contributed by atoms with Crippen LogP contribution in [0.2, 0.25) is 0 Å². The number of Topliss-reactive ketones (excluding diaryl/α,β-unsaturated/α-hetero) is 1. The molecular formula is C18H12BrNO3. The van der Waals surface area contributed by atoms with Crippen LogP contribution < -0.4 is 9.47 Å². The van der Waals surface area contributed by atoms with Gasteiger partial charge in [-0.15, -0.1) is 0 Å². The molecule has 4 nitrogen and oxygen atoms in total. The lowest BCUT2D eigenvalue weighted by molar-refractivity contribution is 0.101. The number of carbonyl (C=O) groups excluding carboxylic acids is 1. The van der Waals surface area contributed by atoms with Crippen LogP contribution in [-0.2, 0) is 0 Å². The summed E-state index contributed by atoms with van der Waals surface area (Å²) in [6.07, 6.45) is 3.61. The zero-order valence-electron chi connectivity index (χ0n) is 12.2. The molecule has 0 spiro atoms. The number of halogens is 1. The number of methoxy groups -OCH3 is 1. The van der Waals surface area contributed by atoms with Gasteiger partial charge in [0.1, 0.15) is 11.5 Å². The number of rotatable bonds is 2. The van der Waals surface area contributed by atoms with Crippen LogP contribution in [0, 0.1) is 0 Å². The van der Waals surface area contributed by atoms with Crippen molar-refractivity contribution in [1.82, 2.24) is 4.98 Å². The minimum absolute atomic E-state index is 0.112. The number of H-pyrrole nitrogens is 1. The summed E-state index contributed by atoms with van der Waals surface area (Å²) in [5.41, 5.74) is 2.43. The summed E-state index contributed by atoms with van der Waals surface area (Å²) in [5.74, 6) is 1.56. The van der Waals surface area contributed by atoms with Crippen molar-refractivity contribution >= 4 is 38.7 Å². The second kappa shape index (κ2) is 5.28. The number of hydrogen-bond acceptors (Lipinski definition) is 3. The van der Waals surface area contributed by atoms with Gasteiger partial charge < -0.3 is 14.5 Å². The van der Waals surface area contributed by atoms with E-state index in [0.717, 1.165) is 26.7 Å². The first-order chi connectivity index (χ1) is 11.2. The van der Waals surface area contributed by atoms with E-state index in [9.17, 15) is 4.79 Å². The van der Waals surface area contributed by atoms with E-state index in [0.29, 0.717) is 17.1 Å². The highest BCUT2D eigenvalue weighted by Gasteiger charge is 2.27. The Morgan fingerprint density at radius 2 is 2.09 bits per heavy atom. The lowest BCUT2D eigenvalue weighted by atomic mass is 10.1. The lowest BCUT2D eigenvalue weighted by Crippen LogP contribution is -1.97. The van der Waals surface area contributed by atoms with E-state index < -0.39 is 0 Å². The van der Waals surface area contributed by atoms with Gasteiger partial charge in [-0.1, -0.05) is 15.9 Å². The Labute approximate surface area is 140 Å². The van der Waals surface area contributed by atoms with Crippen LogP contribution in [0.5, 0.6) is 11.5 Å². The van der Waals surface area contributed by atoms with Crippen molar-refractivity contribution in [3.63, 3.8) is 0 Å². The van der Waals surface area contributed by atoms with Crippen LogP contribution in [0.4, 0.5) is 0 Å². The van der Waals surface area contributed by atoms with Crippen LogP contribution in [0.1, 0.15) is 15.9 Å². The number of allylic oxidation sites excluding steroid dienone is 1. The number of benzene rings is 2. The second-order valence-electron chi connectivity index (χ2n) is 5.24. The highest BCUT2D eigenvalue weighted by molar-refractivity contribution is 9.10. The summed E-state index contributed by atoms with van der Waals surface area (Å²) in [7, 11) is 1.63. The smallest absolute Gasteiger partial charge is 0.232 e. The number of ketones is 1. The Morgan fingerprint density at radius 1 is 1.22 bits per heavy atom. The molecule has 3 aromatic rings. The molecular weight excluding hydrogens is 358 g/mol. The molecule has 0 unspecified atom stereocenters. The highest BCUT2D eigenvalue weighted by atomic mass is 79.9. The van der Waals surface area contributed by atoms with Crippen molar-refractivity contribution in [2.24, 2.45) is 0 Å². The second-order valence-corrected chi connectivity index (χ2v) is 6.15. The summed E-state index contributed by atoms with van der Waals surface area (Å²) in [4.78, 5) is 15.7. The summed E-state index contributed by atoms with van der Waals surface area (Å²) in [6, 6.07) is 11.2. The molecule has 0 amide bonds. The molecule has 1 aliphatic heterocycles. The molecule has 0 fully saturated rings. The number of hydrogen-bond donors (Lipinski definition) is 1. The Hall–Kier alpha value is -2.53. The fraction of sp³-hybridized carbons (Fsp3) is 0.0556. The Bertz CT molecular complexity index is 972. The van der Waals surface area contributed by atoms with Gasteiger partial charge in [0, 0.05) is 27.1 Å². The molecule has 0 saturated heterocycles. The lowest BCUT2D eigenvalue weighted by Gasteiger charge is -2.00. The quantitative estimate of drug-likeness (QED) is 0.673. The monoisotopic (exact) mass is 369 g/mol. The van der Waals surface area contributed by atoms with Crippen LogP contribution in [-0.4, -0.2) is 17.9 Å². The fourth-order valence-corrected chi connectivity index (χ4v) is 3.03. The number of aromatic amines is 1. The predicted octanol–water partition coefficient (Wildman–Crippen LogP) is 4.56. The molecule has 23 heavy (non-hydrogen) atoms. The maximum Gasteiger partial charge on any atom is 0.232 e. The third-order valence-corrected chi connectivity index (χ3v) is 4.33. The first-order valence-electron chi connectivity index (χ1n) is 7.04. The SMILES string of the molecule is COc1ccc2[nH]cc(C=C3Oc4ccc(Br)cc4C3=O)c2c1. The van der Waals surface area contributed by atoms with E-state index in [1.54, 1.807) is 25.3 Å². The molecule has 0 aliphatic carbocycles. The van der Waals surface area contributed by atoms with Crippen LogP contribution in [0.15, 0.2) is 52.8 Å². The molecule has 0 radical (unpaired) electrons. The van der Waals surface area contributed by atoms with E-state index in [1.165, 1.54) is 0 Å². The number of ether oxygens (including phenoxy) is 2. The number of nitrogens with one attached hydrogen (secondary N) is 1. The minimum Gasteiger partial charge on any atom is -0.497 e. The third kappa shape index (κ3) is 2.33. The fourth-order valence-electron chi connectivity index (χ4n) is 2.67. The number of aromatic nitrogens is 1. The third-order valence-electron chi connectivity index (χ3n) is 3.84. The molecule has 5 heteroatoms. The molecule has 114 valence electrons. The normalized spacial score (nSPS) is 15.0. The largest absolute Gasteiger partial charge is 0.497 e. The van der Waals surface area contributed by atoms with E-state index in [1.807, 2.05) is 30.5 Å². The van der Waals surface area contributed by atoms with Gasteiger partial charge in [0.25, 0.3) is 0 Å². The van der Waals surface area contributed by atoms with Crippen LogP contribution in [0.25, 0.3) is 17.0 Å². The van der Waals surface area contributed by atoms with Gasteiger partial charge in [0.2, 0.25) is 5.78 Å². The van der Waals surface area contributed by atoms with Gasteiger partial charge in [-0.2, -0.15) is 0 Å². The molecule has 2 aromatic carbocycles. The van der Waals surface area contributed by atoms with Gasteiger partial charge in [0.05, 0.1) is 12.7 Å². The van der Waals surface area contributed by atoms with E-state index in [4.69, 9.17) is 9.47 Å². The van der Waals surface area contributed by atoms with Crippen molar-refractivity contribution < 1.29 is 14.3 Å². The molecule has 0 saturated carbocycles. The van der Waals surface area contributed by atoms with Crippen molar-refractivity contribution in [3.8, 4) is 11.5 Å². The van der Waals surface area contributed by atoms with E-state index in [2.05, 4.69) is 20.9 Å². The van der Waals surface area contributed by atoms with Crippen molar-refractivity contribution in [2.75, 3.05) is 7.11 Å². The highest BCUT2D eigenvalue weighted by Crippen LogP contribution is 2.34. The average Bonchev–Trinajstić information content (AvgIpc) is 3.10. The predicted molar refractivity (Wildman–Crippen MR) is 91.9 cm³/mol. The zero-order valence-corrected chi connectivity index (χ0v) is 13.8. The average molecular weight is 370 g/mol. The summed E-state index contributed by atoms with van der Waals surface area (Å²) >= 11 is 3.38. The molecule has 4 rings (SSSR count). The topological polar surface area (TPSA) is 51.3 Å². The first kappa shape index (κ1) is 14.1. The first-order valence-corrected chi connectivity index (χ1v) is 7.84. The zero-order chi connectivity index (χ0) is 16.0. The van der Waals surface area contributed by atoms with Crippen molar-refractivity contribution in [3.05, 3.63) is 64.0 Å². The molecule has 1 aromatic heterocycles. The minimum atomic E-state index is -0.112. The Balaban J connectivity index is 1.79. The van der Waals surface area contributed by atoms with Gasteiger partial charge >= 0.3 is 0 Å². The van der Waals surface area contributed by atoms with Gasteiger partial charge in [-0.25, -0.2) is 0 Å². The maximum atomic E-state index is 12.5. The van der Waals surface area contributed by atoms with Gasteiger partial charge in [0.15, 0.2) is 5.76 Å². The summed E-state index contributed by atoms with van der Waals surface area (Å²) in [5, 5.41) is 0.977. The number of carbonyl (C=O) groups is 1. The maximum absolute atomic E-state index is 12.5. The summed E-state index contributed by atoms with van der Waals surface area (Å²) < 4.78 is 11.8. The molecule has 1 N–H and O–H groups in total. The van der Waals surface area contributed by atoms with E-state index >= 15 is 0 Å². The van der Waals surface area contributed by atoms with Gasteiger partial charge in [-0.3, -0.25) is 4.79 Å². The standard InChI is InChI=1S/C18H12BrNO3/c1-22-12-3-4-15-13(8-12)10(9-20-15)6-17-18(21)14-7-11(19)2-5-16(14)23-17/h2-9,20H,1H3. The number of fused-ring (bicyclic) bond motifs is 2. The molecule has 0 atom stereocenters.